The van der Waals surface area contributed by atoms with Crippen molar-refractivity contribution in [3.8, 4) is 0 Å². The molecule has 0 aromatic carbocycles. The number of carboxylic acid groups (broad SMARTS) is 2. The minimum absolute atomic E-state index is 0. The van der Waals surface area contributed by atoms with Crippen LogP contribution >= 0.6 is 0 Å². The van der Waals surface area contributed by atoms with Crippen molar-refractivity contribution in [2.45, 2.75) is 23.3 Å². The third-order valence-corrected chi connectivity index (χ3v) is 4.79. The van der Waals surface area contributed by atoms with Gasteiger partial charge in [-0.3, -0.25) is 18.7 Å². The Hall–Kier alpha value is -2.05. The van der Waals surface area contributed by atoms with E-state index in [-0.39, 0.29) is 36.3 Å². The molecular formula is C14H18MgO14S2. The molecule has 2 N–H and O–H groups in total. The molecule has 172 valence electrons. The van der Waals surface area contributed by atoms with Crippen LogP contribution in [0.5, 0.6) is 0 Å². The summed E-state index contributed by atoms with van der Waals surface area (Å²) >= 11 is 0. The topological polar surface area (TPSA) is 242 Å². The van der Waals surface area contributed by atoms with Crippen molar-refractivity contribution >= 4 is 67.2 Å². The van der Waals surface area contributed by atoms with Gasteiger partial charge in [0.05, 0.1) is 0 Å². The Balaban J connectivity index is -0.000000490. The van der Waals surface area contributed by atoms with Gasteiger partial charge in [0.2, 0.25) is 0 Å². The molecule has 14 nitrogen and oxygen atoms in total. The first-order valence-corrected chi connectivity index (χ1v) is 10.5. The quantitative estimate of drug-likeness (QED) is 0.112. The summed E-state index contributed by atoms with van der Waals surface area (Å²) in [4.78, 5) is 42.2. The average molecular weight is 499 g/mol. The molecule has 0 spiro atoms. The van der Waals surface area contributed by atoms with Gasteiger partial charge in [-0.1, -0.05) is 25.3 Å². The molecule has 0 bridgehead atoms. The number of hydrogen-bond acceptors (Lipinski definition) is 12. The molecule has 0 fully saturated rings. The maximum atomic E-state index is 11.0. The zero-order valence-corrected chi connectivity index (χ0v) is 18.9. The van der Waals surface area contributed by atoms with Crippen LogP contribution in [0.25, 0.3) is 0 Å². The molecule has 0 saturated carbocycles. The van der Waals surface area contributed by atoms with Crippen LogP contribution in [0.15, 0.2) is 25.3 Å². The minimum atomic E-state index is -4.82. The van der Waals surface area contributed by atoms with Crippen molar-refractivity contribution in [3.63, 3.8) is 0 Å². The largest absolute Gasteiger partial charge is 2.00 e. The van der Waals surface area contributed by atoms with Gasteiger partial charge in [-0.15, -0.1) is 0 Å². The van der Waals surface area contributed by atoms with Crippen molar-refractivity contribution in [1.82, 2.24) is 0 Å². The molecule has 0 aliphatic rings. The summed E-state index contributed by atoms with van der Waals surface area (Å²) in [5, 5.41) is 15.9. The molecule has 0 aliphatic carbocycles. The smallest absolute Gasteiger partial charge is 0.550 e. The molecule has 0 aromatic rings. The number of esters is 2. The summed E-state index contributed by atoms with van der Waals surface area (Å²) in [5.74, 6) is -6.29. The first kappa shape index (κ1) is 33.6. The Morgan fingerprint density at radius 2 is 1.03 bits per heavy atom. The Morgan fingerprint density at radius 3 is 1.19 bits per heavy atom. The van der Waals surface area contributed by atoms with Crippen LogP contribution in [0.3, 0.4) is 0 Å². The van der Waals surface area contributed by atoms with Gasteiger partial charge in [-0.05, 0) is 0 Å². The fourth-order valence-electron chi connectivity index (χ4n) is 1.39. The van der Waals surface area contributed by atoms with Crippen molar-refractivity contribution < 1.29 is 64.8 Å². The summed E-state index contributed by atoms with van der Waals surface area (Å²) in [6.45, 7) is 5.83. The second kappa shape index (κ2) is 15.7. The fourth-order valence-corrected chi connectivity index (χ4v) is 2.71. The summed E-state index contributed by atoms with van der Waals surface area (Å²) in [5.41, 5.74) is 0. The van der Waals surface area contributed by atoms with E-state index >= 15 is 0 Å². The van der Waals surface area contributed by atoms with E-state index in [0.29, 0.717) is 0 Å². The van der Waals surface area contributed by atoms with Gasteiger partial charge in [0, 0.05) is 24.8 Å². The predicted molar refractivity (Wildman–Crippen MR) is 98.0 cm³/mol. The van der Waals surface area contributed by atoms with Crippen molar-refractivity contribution in [2.24, 2.45) is 0 Å². The monoisotopic (exact) mass is 498 g/mol. The van der Waals surface area contributed by atoms with Crippen molar-refractivity contribution in [3.05, 3.63) is 25.3 Å². The van der Waals surface area contributed by atoms with Gasteiger partial charge in [0.1, 0.15) is 13.2 Å². The van der Waals surface area contributed by atoms with E-state index in [1.165, 1.54) is 0 Å². The number of ether oxygens (including phenoxy) is 2. The number of carboxylic acids is 2. The molecular weight excluding hydrogens is 481 g/mol. The van der Waals surface area contributed by atoms with Gasteiger partial charge in [0.25, 0.3) is 20.2 Å². The van der Waals surface area contributed by atoms with Gasteiger partial charge in [0.15, 0.2) is 10.5 Å². The van der Waals surface area contributed by atoms with E-state index in [9.17, 15) is 46.2 Å². The number of hydrogen-bond donors (Lipinski definition) is 2. The Labute approximate surface area is 193 Å². The molecule has 31 heavy (non-hydrogen) atoms. The third kappa shape index (κ3) is 16.3. The van der Waals surface area contributed by atoms with E-state index < -0.39 is 67.5 Å². The van der Waals surface area contributed by atoms with Crippen LogP contribution in [0.1, 0.15) is 12.8 Å². The van der Waals surface area contributed by atoms with E-state index in [1.54, 1.807) is 0 Å². The second-order valence-electron chi connectivity index (χ2n) is 5.00. The minimum Gasteiger partial charge on any atom is -0.550 e. The second-order valence-corrected chi connectivity index (χ2v) is 8.19. The van der Waals surface area contributed by atoms with Crippen LogP contribution in [-0.2, 0) is 48.9 Å². The first-order chi connectivity index (χ1) is 13.6. The van der Waals surface area contributed by atoms with E-state index in [1.807, 2.05) is 0 Å². The summed E-state index contributed by atoms with van der Waals surface area (Å²) < 4.78 is 68.1. The first-order valence-electron chi connectivity index (χ1n) is 7.45. The zero-order valence-electron chi connectivity index (χ0n) is 15.9. The number of carbonyl (C=O) groups excluding carboxylic acids is 4. The van der Waals surface area contributed by atoms with E-state index in [4.69, 9.17) is 9.11 Å². The van der Waals surface area contributed by atoms with Gasteiger partial charge >= 0.3 is 35.0 Å². The molecule has 2 unspecified atom stereocenters. The Morgan fingerprint density at radius 1 is 0.774 bits per heavy atom. The number of carbonyl (C=O) groups is 4. The molecule has 0 saturated heterocycles. The summed E-state index contributed by atoms with van der Waals surface area (Å²) in [6.07, 6.45) is 0.0135. The molecule has 0 heterocycles. The molecule has 0 radical (unpaired) electrons. The van der Waals surface area contributed by atoms with E-state index in [2.05, 4.69) is 22.6 Å². The molecule has 17 heteroatoms. The zero-order chi connectivity index (χ0) is 24.1. The number of aliphatic carboxylic acids is 2. The van der Waals surface area contributed by atoms with Gasteiger partial charge in [-0.25, -0.2) is 0 Å². The van der Waals surface area contributed by atoms with Crippen LogP contribution < -0.4 is 10.2 Å². The van der Waals surface area contributed by atoms with Crippen molar-refractivity contribution in [1.29, 1.82) is 0 Å². The van der Waals surface area contributed by atoms with Crippen LogP contribution in [0, 0.1) is 0 Å². The molecule has 0 rings (SSSR count). The Bertz CT molecular complexity index is 789. The van der Waals surface area contributed by atoms with Gasteiger partial charge in [-0.2, -0.15) is 16.8 Å². The van der Waals surface area contributed by atoms with Crippen LogP contribution in [0.4, 0.5) is 0 Å². The standard InChI is InChI=1S/2C7H10O7S.Mg/c2*1-2-3-14-7(10)5(4-6(8)9)15(11,12)13;/h2*2,5H,1,3-4H2,(H,8,9)(H,11,12,13);/q;;+2/p-2. The fraction of sp³-hybridized carbons (Fsp3) is 0.429. The Kier molecular flexibility index (Phi) is 17.0. The SMILES string of the molecule is C=CCOC(=O)C(CC(=O)[O-])S(=O)(=O)O.C=CCOC(=O)C(CC(=O)[O-])S(=O)(=O)O.[Mg+2]. The number of rotatable bonds is 12. The van der Waals surface area contributed by atoms with Gasteiger partial charge < -0.3 is 29.3 Å². The molecule has 0 aliphatic heterocycles. The van der Waals surface area contributed by atoms with Crippen LogP contribution in [0.2, 0.25) is 0 Å². The molecule has 2 atom stereocenters. The molecule has 0 amide bonds. The summed E-state index contributed by atoms with van der Waals surface area (Å²) in [6, 6.07) is 0. The van der Waals surface area contributed by atoms with Crippen LogP contribution in [-0.4, -0.2) is 96.6 Å². The van der Waals surface area contributed by atoms with E-state index in [0.717, 1.165) is 12.2 Å². The summed E-state index contributed by atoms with van der Waals surface area (Å²) in [7, 11) is -9.64. The predicted octanol–water partition coefficient (Wildman–Crippen LogP) is -4.16. The third-order valence-electron chi connectivity index (χ3n) is 2.64. The van der Waals surface area contributed by atoms with Crippen molar-refractivity contribution in [2.75, 3.05) is 13.2 Å². The maximum absolute atomic E-state index is 11.0. The normalized spacial score (nSPS) is 12.5. The molecule has 0 aromatic heterocycles. The maximum Gasteiger partial charge on any atom is 2.00 e. The average Bonchev–Trinajstić information content (AvgIpc) is 2.58.